The van der Waals surface area contributed by atoms with E-state index in [1.54, 1.807) is 30.3 Å². The van der Waals surface area contributed by atoms with E-state index in [0.29, 0.717) is 10.0 Å². The molecule has 6 heteroatoms. The van der Waals surface area contributed by atoms with Crippen LogP contribution in [-0.4, -0.2) is 11.9 Å². The van der Waals surface area contributed by atoms with Crippen LogP contribution >= 0.6 is 15.9 Å². The Balaban J connectivity index is 2.25. The van der Waals surface area contributed by atoms with E-state index in [0.717, 1.165) is 6.07 Å². The molecule has 0 bridgehead atoms. The van der Waals surface area contributed by atoms with Gasteiger partial charge < -0.3 is 10.5 Å². The van der Waals surface area contributed by atoms with Gasteiger partial charge in [0, 0.05) is 10.0 Å². The van der Waals surface area contributed by atoms with Gasteiger partial charge in [-0.05, 0) is 18.2 Å². The molecule has 21 heavy (non-hydrogen) atoms. The van der Waals surface area contributed by atoms with Crippen LogP contribution in [0.15, 0.2) is 53.0 Å². The Bertz CT molecular complexity index is 676. The summed E-state index contributed by atoms with van der Waals surface area (Å²) in [7, 11) is 0. The van der Waals surface area contributed by atoms with Crippen LogP contribution in [-0.2, 0) is 9.53 Å². The van der Waals surface area contributed by atoms with Gasteiger partial charge in [-0.3, -0.25) is 4.79 Å². The van der Waals surface area contributed by atoms with E-state index in [9.17, 15) is 14.0 Å². The molecule has 1 amide bonds. The number of rotatable bonds is 4. The Morgan fingerprint density at radius 3 is 2.38 bits per heavy atom. The Labute approximate surface area is 128 Å². The fourth-order valence-electron chi connectivity index (χ4n) is 1.74. The van der Waals surface area contributed by atoms with Crippen LogP contribution in [0.4, 0.5) is 4.39 Å². The minimum Gasteiger partial charge on any atom is -0.444 e. The third-order valence-electron chi connectivity index (χ3n) is 2.74. The highest BCUT2D eigenvalue weighted by Crippen LogP contribution is 2.21. The van der Waals surface area contributed by atoms with E-state index in [1.807, 2.05) is 0 Å². The lowest BCUT2D eigenvalue weighted by Gasteiger charge is -2.15. The fraction of sp³-hybridized carbons (Fsp3) is 0.0667. The number of esters is 1. The first-order valence-corrected chi connectivity index (χ1v) is 6.78. The van der Waals surface area contributed by atoms with Gasteiger partial charge in [0.05, 0.1) is 5.56 Å². The van der Waals surface area contributed by atoms with Gasteiger partial charge in [0.15, 0.2) is 0 Å². The van der Waals surface area contributed by atoms with Crippen LogP contribution in [0, 0.1) is 5.82 Å². The van der Waals surface area contributed by atoms with E-state index in [4.69, 9.17) is 10.5 Å². The van der Waals surface area contributed by atoms with Crippen molar-refractivity contribution in [1.82, 2.24) is 0 Å². The molecule has 0 heterocycles. The molecular weight excluding hydrogens is 341 g/mol. The molecule has 0 aromatic heterocycles. The molecule has 2 aromatic carbocycles. The summed E-state index contributed by atoms with van der Waals surface area (Å²) in [4.78, 5) is 23.4. The summed E-state index contributed by atoms with van der Waals surface area (Å²) >= 11 is 3.09. The summed E-state index contributed by atoms with van der Waals surface area (Å²) in [6.45, 7) is 0. The number of hydrogen-bond donors (Lipinski definition) is 1. The fourth-order valence-corrected chi connectivity index (χ4v) is 2.08. The predicted molar refractivity (Wildman–Crippen MR) is 77.9 cm³/mol. The van der Waals surface area contributed by atoms with E-state index >= 15 is 0 Å². The molecule has 1 atom stereocenters. The molecule has 0 radical (unpaired) electrons. The van der Waals surface area contributed by atoms with Crippen LogP contribution < -0.4 is 5.73 Å². The topological polar surface area (TPSA) is 69.4 Å². The van der Waals surface area contributed by atoms with Gasteiger partial charge in [0.1, 0.15) is 5.82 Å². The molecule has 0 saturated heterocycles. The van der Waals surface area contributed by atoms with Crippen molar-refractivity contribution in [3.05, 3.63) is 69.9 Å². The van der Waals surface area contributed by atoms with Gasteiger partial charge in [-0.2, -0.15) is 0 Å². The van der Waals surface area contributed by atoms with Gasteiger partial charge in [-0.15, -0.1) is 0 Å². The van der Waals surface area contributed by atoms with Crippen LogP contribution in [0.5, 0.6) is 0 Å². The normalized spacial score (nSPS) is 11.7. The standard InChI is InChI=1S/C15H11BrFNO3/c16-10-6-7-11(12(17)8-10)15(20)21-13(14(18)19)9-4-2-1-3-5-9/h1-8,13H,(H2,18,19). The molecule has 0 aliphatic rings. The Morgan fingerprint density at radius 1 is 1.14 bits per heavy atom. The number of hydrogen-bond acceptors (Lipinski definition) is 3. The van der Waals surface area contributed by atoms with E-state index in [1.165, 1.54) is 12.1 Å². The minimum atomic E-state index is -1.26. The lowest BCUT2D eigenvalue weighted by atomic mass is 10.1. The van der Waals surface area contributed by atoms with Gasteiger partial charge in [0.25, 0.3) is 5.91 Å². The van der Waals surface area contributed by atoms with Crippen LogP contribution in [0.3, 0.4) is 0 Å². The smallest absolute Gasteiger partial charge is 0.342 e. The second-order valence-corrected chi connectivity index (χ2v) is 5.14. The van der Waals surface area contributed by atoms with Crippen molar-refractivity contribution in [2.75, 3.05) is 0 Å². The van der Waals surface area contributed by atoms with Gasteiger partial charge in [-0.1, -0.05) is 46.3 Å². The van der Waals surface area contributed by atoms with Gasteiger partial charge >= 0.3 is 5.97 Å². The summed E-state index contributed by atoms with van der Waals surface area (Å²) in [6, 6.07) is 12.2. The minimum absolute atomic E-state index is 0.264. The number of carbonyl (C=O) groups excluding carboxylic acids is 2. The maximum absolute atomic E-state index is 13.7. The number of halogens is 2. The summed E-state index contributed by atoms with van der Waals surface area (Å²) in [5.74, 6) is -2.52. The predicted octanol–water partition coefficient (Wildman–Crippen LogP) is 2.97. The van der Waals surface area contributed by atoms with E-state index in [2.05, 4.69) is 15.9 Å². The first kappa shape index (κ1) is 15.2. The largest absolute Gasteiger partial charge is 0.444 e. The number of ether oxygens (including phenoxy) is 1. The van der Waals surface area contributed by atoms with Crippen LogP contribution in [0.25, 0.3) is 0 Å². The molecular formula is C15H11BrFNO3. The summed E-state index contributed by atoms with van der Waals surface area (Å²) in [6.07, 6.45) is -1.26. The van der Waals surface area contributed by atoms with Crippen LogP contribution in [0.2, 0.25) is 0 Å². The second kappa shape index (κ2) is 6.49. The number of nitrogens with two attached hydrogens (primary N) is 1. The summed E-state index contributed by atoms with van der Waals surface area (Å²) in [5, 5.41) is 0. The Hall–Kier alpha value is -2.21. The molecule has 0 spiro atoms. The highest BCUT2D eigenvalue weighted by atomic mass is 79.9. The zero-order valence-electron chi connectivity index (χ0n) is 10.8. The SMILES string of the molecule is NC(=O)C(OC(=O)c1ccc(Br)cc1F)c1ccccc1. The maximum atomic E-state index is 13.7. The first-order chi connectivity index (χ1) is 9.99. The Morgan fingerprint density at radius 2 is 1.81 bits per heavy atom. The maximum Gasteiger partial charge on any atom is 0.342 e. The first-order valence-electron chi connectivity index (χ1n) is 5.99. The second-order valence-electron chi connectivity index (χ2n) is 4.22. The number of carbonyl (C=O) groups is 2. The van der Waals surface area contributed by atoms with Crippen molar-refractivity contribution < 1.29 is 18.7 Å². The molecule has 108 valence electrons. The molecule has 0 aliphatic heterocycles. The highest BCUT2D eigenvalue weighted by molar-refractivity contribution is 9.10. The Kier molecular flexibility index (Phi) is 4.70. The molecule has 0 saturated carbocycles. The van der Waals surface area contributed by atoms with Crippen molar-refractivity contribution in [1.29, 1.82) is 0 Å². The van der Waals surface area contributed by atoms with E-state index in [-0.39, 0.29) is 5.56 Å². The third kappa shape index (κ3) is 3.66. The highest BCUT2D eigenvalue weighted by Gasteiger charge is 2.24. The average Bonchev–Trinajstić information content (AvgIpc) is 2.45. The molecule has 1 unspecified atom stereocenters. The number of primary amides is 1. The van der Waals surface area contributed by atoms with Crippen LogP contribution in [0.1, 0.15) is 22.0 Å². The van der Waals surface area contributed by atoms with Crippen molar-refractivity contribution in [3.8, 4) is 0 Å². The molecule has 0 aliphatic carbocycles. The molecule has 4 nitrogen and oxygen atoms in total. The lowest BCUT2D eigenvalue weighted by molar-refractivity contribution is -0.127. The molecule has 2 N–H and O–H groups in total. The summed E-state index contributed by atoms with van der Waals surface area (Å²) < 4.78 is 19.2. The zero-order valence-corrected chi connectivity index (χ0v) is 12.3. The van der Waals surface area contributed by atoms with Crippen molar-refractivity contribution in [2.45, 2.75) is 6.10 Å². The molecule has 2 aromatic rings. The van der Waals surface area contributed by atoms with Gasteiger partial charge in [-0.25, -0.2) is 9.18 Å². The van der Waals surface area contributed by atoms with Gasteiger partial charge in [0.2, 0.25) is 6.10 Å². The van der Waals surface area contributed by atoms with Crippen molar-refractivity contribution in [3.63, 3.8) is 0 Å². The monoisotopic (exact) mass is 351 g/mol. The van der Waals surface area contributed by atoms with Crippen molar-refractivity contribution >= 4 is 27.8 Å². The number of amides is 1. The summed E-state index contributed by atoms with van der Waals surface area (Å²) in [5.41, 5.74) is 5.40. The van der Waals surface area contributed by atoms with E-state index < -0.39 is 23.8 Å². The third-order valence-corrected chi connectivity index (χ3v) is 3.23. The zero-order chi connectivity index (χ0) is 15.4. The quantitative estimate of drug-likeness (QED) is 0.861. The average molecular weight is 352 g/mol. The number of benzene rings is 2. The molecule has 0 fully saturated rings. The lowest BCUT2D eigenvalue weighted by Crippen LogP contribution is -2.26. The molecule has 2 rings (SSSR count). The van der Waals surface area contributed by atoms with Crippen molar-refractivity contribution in [2.24, 2.45) is 5.73 Å².